The number of rotatable bonds is 10. The molecule has 2 atom stereocenters. The van der Waals surface area contributed by atoms with Gasteiger partial charge in [-0.1, -0.05) is 24.9 Å². The van der Waals surface area contributed by atoms with Gasteiger partial charge in [-0.3, -0.25) is 14.5 Å². The van der Waals surface area contributed by atoms with E-state index < -0.39 is 29.2 Å². The second-order valence-corrected chi connectivity index (χ2v) is 9.19. The molecular formula is C19H25N5O5S2. The van der Waals surface area contributed by atoms with Crippen LogP contribution in [0, 0.1) is 0 Å². The van der Waals surface area contributed by atoms with Crippen LogP contribution in [-0.2, 0) is 19.2 Å². The van der Waals surface area contributed by atoms with Crippen LogP contribution in [0.15, 0.2) is 21.8 Å². The van der Waals surface area contributed by atoms with Crippen molar-refractivity contribution < 1.29 is 24.3 Å². The number of amides is 2. The van der Waals surface area contributed by atoms with Crippen molar-refractivity contribution in [2.24, 2.45) is 5.16 Å². The number of oxime groups is 1. The number of aliphatic carboxylic acids is 1. The van der Waals surface area contributed by atoms with Gasteiger partial charge in [0, 0.05) is 11.1 Å². The van der Waals surface area contributed by atoms with E-state index in [-0.39, 0.29) is 22.2 Å². The lowest BCUT2D eigenvalue weighted by Gasteiger charge is -2.49. The molecule has 3 heterocycles. The second kappa shape index (κ2) is 10.1. The molecule has 2 aliphatic rings. The topological polar surface area (TPSA) is 147 Å². The quantitative estimate of drug-likeness (QED) is 0.204. The van der Waals surface area contributed by atoms with Crippen LogP contribution in [0.2, 0.25) is 0 Å². The largest absolute Gasteiger partial charge is 0.477 e. The summed E-state index contributed by atoms with van der Waals surface area (Å²) in [5.74, 6) is -1.79. The number of carboxylic acid groups (broad SMARTS) is 1. The number of hydrogen-bond acceptors (Lipinski definition) is 9. The van der Waals surface area contributed by atoms with E-state index in [1.165, 1.54) is 16.7 Å². The average molecular weight is 468 g/mol. The molecule has 0 aromatic carbocycles. The molecule has 1 unspecified atom stereocenters. The molecule has 1 aromatic heterocycles. The lowest BCUT2D eigenvalue weighted by Crippen LogP contribution is -2.71. The van der Waals surface area contributed by atoms with Gasteiger partial charge in [0.1, 0.15) is 29.4 Å². The van der Waals surface area contributed by atoms with Gasteiger partial charge in [0.15, 0.2) is 10.8 Å². The molecule has 0 spiro atoms. The maximum Gasteiger partial charge on any atom is 0.352 e. The molecule has 10 nitrogen and oxygen atoms in total. The standard InChI is InChI=1S/C19H25N5O5S2/c1-3-4-5-6-7-29-23-12(11-9-31-19(20)21-11)15(25)22-13-16(26)24-14(18(27)28)10(2)8-30-17(13)24/h9,13,17H,3-8H2,1-2H3,(H2,20,21)(H,22,25)(H,27,28)/b23-12-/t13?,17-/m1/s1. The zero-order valence-electron chi connectivity index (χ0n) is 17.3. The van der Waals surface area contributed by atoms with Crippen molar-refractivity contribution in [3.63, 3.8) is 0 Å². The summed E-state index contributed by atoms with van der Waals surface area (Å²) >= 11 is 2.56. The molecule has 2 aliphatic heterocycles. The van der Waals surface area contributed by atoms with Gasteiger partial charge in [-0.2, -0.15) is 0 Å². The van der Waals surface area contributed by atoms with Crippen LogP contribution in [0.4, 0.5) is 5.13 Å². The fraction of sp³-hybridized carbons (Fsp3) is 0.526. The van der Waals surface area contributed by atoms with Gasteiger partial charge in [0.25, 0.3) is 11.8 Å². The normalized spacial score (nSPS) is 20.9. The molecule has 0 saturated carbocycles. The summed E-state index contributed by atoms with van der Waals surface area (Å²) in [4.78, 5) is 47.7. The number of carboxylic acids is 1. The third-order valence-corrected chi connectivity index (χ3v) is 6.97. The number of nitrogens with one attached hydrogen (secondary N) is 1. The minimum Gasteiger partial charge on any atom is -0.477 e. The van der Waals surface area contributed by atoms with Gasteiger partial charge < -0.3 is 21.0 Å². The van der Waals surface area contributed by atoms with E-state index in [4.69, 9.17) is 10.6 Å². The number of β-lactam (4-membered cyclic amide) rings is 1. The third kappa shape index (κ3) is 5.01. The van der Waals surface area contributed by atoms with Crippen LogP contribution in [-0.4, -0.2) is 62.3 Å². The Hall–Kier alpha value is -2.60. The van der Waals surface area contributed by atoms with Crippen LogP contribution in [0.3, 0.4) is 0 Å². The molecule has 1 saturated heterocycles. The number of anilines is 1. The van der Waals surface area contributed by atoms with Crippen molar-refractivity contribution in [3.8, 4) is 0 Å². The molecule has 1 fully saturated rings. The number of thioether (sulfide) groups is 1. The number of carbonyl (C=O) groups excluding carboxylic acids is 2. The minimum atomic E-state index is -1.16. The first kappa shape index (κ1) is 23.1. The van der Waals surface area contributed by atoms with Gasteiger partial charge in [0.05, 0.1) is 0 Å². The fourth-order valence-electron chi connectivity index (χ4n) is 3.29. The van der Waals surface area contributed by atoms with Crippen LogP contribution >= 0.6 is 23.1 Å². The SMILES string of the molecule is CCCCCCO/N=C(\C(=O)NC1C(=O)N2C(C(=O)O)=C(C)CS[C@H]12)c1csc(N)n1. The molecule has 168 valence electrons. The van der Waals surface area contributed by atoms with Crippen molar-refractivity contribution in [1.82, 2.24) is 15.2 Å². The van der Waals surface area contributed by atoms with E-state index in [9.17, 15) is 19.5 Å². The van der Waals surface area contributed by atoms with E-state index in [2.05, 4.69) is 22.4 Å². The van der Waals surface area contributed by atoms with Crippen LogP contribution in [0.5, 0.6) is 0 Å². The lowest BCUT2D eigenvalue weighted by molar-refractivity contribution is -0.150. The van der Waals surface area contributed by atoms with E-state index in [0.717, 1.165) is 37.0 Å². The van der Waals surface area contributed by atoms with Crippen molar-refractivity contribution >= 4 is 51.7 Å². The highest BCUT2D eigenvalue weighted by atomic mass is 32.2. The maximum atomic E-state index is 12.9. The summed E-state index contributed by atoms with van der Waals surface area (Å²) in [5.41, 5.74) is 6.47. The van der Waals surface area contributed by atoms with Crippen molar-refractivity contribution in [1.29, 1.82) is 0 Å². The van der Waals surface area contributed by atoms with Crippen LogP contribution < -0.4 is 11.1 Å². The number of hydrogen-bond donors (Lipinski definition) is 3. The number of nitrogens with two attached hydrogens (primary N) is 1. The lowest BCUT2D eigenvalue weighted by atomic mass is 10.0. The number of unbranched alkanes of at least 4 members (excludes halogenated alkanes) is 3. The van der Waals surface area contributed by atoms with Crippen molar-refractivity contribution in [3.05, 3.63) is 22.3 Å². The third-order valence-electron chi connectivity index (χ3n) is 4.87. The molecule has 3 rings (SSSR count). The molecule has 0 radical (unpaired) electrons. The summed E-state index contributed by atoms with van der Waals surface area (Å²) in [5, 5.41) is 17.4. The molecule has 4 N–H and O–H groups in total. The van der Waals surface area contributed by atoms with Crippen molar-refractivity contribution in [2.45, 2.75) is 50.9 Å². The first-order valence-corrected chi connectivity index (χ1v) is 11.9. The maximum absolute atomic E-state index is 12.9. The first-order valence-electron chi connectivity index (χ1n) is 9.95. The van der Waals surface area contributed by atoms with Gasteiger partial charge in [-0.15, -0.1) is 23.1 Å². The molecule has 2 amide bonds. The van der Waals surface area contributed by atoms with Gasteiger partial charge in [-0.05, 0) is 25.3 Å². The van der Waals surface area contributed by atoms with Gasteiger partial charge in [0.2, 0.25) is 0 Å². The van der Waals surface area contributed by atoms with Gasteiger partial charge in [-0.25, -0.2) is 9.78 Å². The Bertz CT molecular complexity index is 929. The summed E-state index contributed by atoms with van der Waals surface area (Å²) in [6, 6.07) is -0.856. The number of fused-ring (bicyclic) bond motifs is 1. The van der Waals surface area contributed by atoms with E-state index in [1.54, 1.807) is 12.3 Å². The highest BCUT2D eigenvalue weighted by Crippen LogP contribution is 2.40. The number of aromatic nitrogens is 1. The Labute approximate surface area is 187 Å². The number of nitrogens with zero attached hydrogens (tertiary/aromatic N) is 3. The average Bonchev–Trinajstić information content (AvgIpc) is 3.16. The van der Waals surface area contributed by atoms with Crippen molar-refractivity contribution in [2.75, 3.05) is 18.1 Å². The number of thiazole rings is 1. The zero-order chi connectivity index (χ0) is 22.5. The van der Waals surface area contributed by atoms with E-state index >= 15 is 0 Å². The Morgan fingerprint density at radius 1 is 1.42 bits per heavy atom. The summed E-state index contributed by atoms with van der Waals surface area (Å²) in [7, 11) is 0. The summed E-state index contributed by atoms with van der Waals surface area (Å²) < 4.78 is 0. The fourth-order valence-corrected chi connectivity index (χ4v) is 5.13. The smallest absolute Gasteiger partial charge is 0.352 e. The predicted molar refractivity (Wildman–Crippen MR) is 119 cm³/mol. The zero-order valence-corrected chi connectivity index (χ0v) is 18.9. The van der Waals surface area contributed by atoms with E-state index in [0.29, 0.717) is 17.9 Å². The van der Waals surface area contributed by atoms with Crippen LogP contribution in [0.1, 0.15) is 45.2 Å². The summed E-state index contributed by atoms with van der Waals surface area (Å²) in [6.45, 7) is 4.15. The molecule has 1 aromatic rings. The first-order chi connectivity index (χ1) is 14.8. The Morgan fingerprint density at radius 2 is 2.19 bits per heavy atom. The second-order valence-electron chi connectivity index (χ2n) is 7.20. The van der Waals surface area contributed by atoms with Gasteiger partial charge >= 0.3 is 5.97 Å². The Morgan fingerprint density at radius 3 is 2.84 bits per heavy atom. The highest BCUT2D eigenvalue weighted by Gasteiger charge is 2.54. The Kier molecular flexibility index (Phi) is 7.55. The van der Waals surface area contributed by atoms with E-state index in [1.807, 2.05) is 0 Å². The molecular weight excluding hydrogens is 442 g/mol. The monoisotopic (exact) mass is 467 g/mol. The molecule has 12 heteroatoms. The summed E-state index contributed by atoms with van der Waals surface area (Å²) in [6.07, 6.45) is 4.00. The van der Waals surface area contributed by atoms with Crippen LogP contribution in [0.25, 0.3) is 0 Å². The molecule has 0 aliphatic carbocycles. The number of carbonyl (C=O) groups is 3. The molecule has 0 bridgehead atoms. The molecule has 31 heavy (non-hydrogen) atoms. The number of nitrogen functional groups attached to an aromatic ring is 1. The highest BCUT2D eigenvalue weighted by molar-refractivity contribution is 8.00. The predicted octanol–water partition coefficient (Wildman–Crippen LogP) is 1.78. The minimum absolute atomic E-state index is 0.0178. The Balaban J connectivity index is 1.70.